The molecule has 2 amide bonds. The van der Waals surface area contributed by atoms with Crippen LogP contribution < -0.4 is 10.6 Å². The van der Waals surface area contributed by atoms with Crippen molar-refractivity contribution in [1.29, 1.82) is 0 Å². The highest BCUT2D eigenvalue weighted by Gasteiger charge is 2.33. The van der Waals surface area contributed by atoms with E-state index in [9.17, 15) is 19.5 Å². The fourth-order valence-corrected chi connectivity index (χ4v) is 4.41. The van der Waals surface area contributed by atoms with E-state index < -0.39 is 24.0 Å². The molecule has 0 saturated heterocycles. The molecule has 1 unspecified atom stereocenters. The van der Waals surface area contributed by atoms with Crippen molar-refractivity contribution in [2.45, 2.75) is 31.2 Å². The predicted molar refractivity (Wildman–Crippen MR) is 121 cm³/mol. The van der Waals surface area contributed by atoms with Crippen LogP contribution in [-0.4, -0.2) is 55.5 Å². The number of ether oxygens (including phenoxy) is 2. The maximum absolute atomic E-state index is 12.1. The third kappa shape index (κ3) is 5.34. The molecule has 0 aromatic heterocycles. The summed E-state index contributed by atoms with van der Waals surface area (Å²) in [7, 11) is 0. The van der Waals surface area contributed by atoms with Gasteiger partial charge in [0.15, 0.2) is 0 Å². The van der Waals surface area contributed by atoms with Crippen LogP contribution in [-0.2, 0) is 19.1 Å². The van der Waals surface area contributed by atoms with E-state index in [1.165, 1.54) is 0 Å². The molecule has 2 aromatic carbocycles. The molecular formula is C25H28N2O6. The van der Waals surface area contributed by atoms with Gasteiger partial charge in [-0.25, -0.2) is 9.59 Å². The molecule has 0 spiro atoms. The Morgan fingerprint density at radius 2 is 1.64 bits per heavy atom. The molecule has 174 valence electrons. The molecule has 1 fully saturated rings. The first-order chi connectivity index (χ1) is 16.0. The lowest BCUT2D eigenvalue weighted by molar-refractivity contribution is -0.145. The standard InChI is InChI=1S/C25H28N2O6/c28-22(27-23(24(29)30)16-6-5-7-16)15-32-13-12-26-25(31)33-14-21-19-10-3-1-8-17(19)18-9-2-4-11-20(18)21/h1-4,8-11,16,21,23H,5-7,12-15H2,(H,26,31)(H,27,28)(H,29,30). The average molecular weight is 453 g/mol. The first-order valence-corrected chi connectivity index (χ1v) is 11.2. The van der Waals surface area contributed by atoms with Crippen LogP contribution in [0.4, 0.5) is 4.79 Å². The van der Waals surface area contributed by atoms with E-state index in [1.807, 2.05) is 24.3 Å². The van der Waals surface area contributed by atoms with Crippen molar-refractivity contribution >= 4 is 18.0 Å². The quantitative estimate of drug-likeness (QED) is 0.478. The van der Waals surface area contributed by atoms with Crippen LogP contribution in [0.25, 0.3) is 11.1 Å². The van der Waals surface area contributed by atoms with Crippen molar-refractivity contribution in [3.8, 4) is 11.1 Å². The number of benzene rings is 2. The summed E-state index contributed by atoms with van der Waals surface area (Å²) in [6.45, 7) is 0.247. The van der Waals surface area contributed by atoms with Gasteiger partial charge >= 0.3 is 12.1 Å². The van der Waals surface area contributed by atoms with Crippen LogP contribution in [0.1, 0.15) is 36.3 Å². The summed E-state index contributed by atoms with van der Waals surface area (Å²) < 4.78 is 10.7. The smallest absolute Gasteiger partial charge is 0.407 e. The topological polar surface area (TPSA) is 114 Å². The molecule has 0 bridgehead atoms. The van der Waals surface area contributed by atoms with Gasteiger partial charge in [0.1, 0.15) is 19.3 Å². The number of rotatable bonds is 10. The Labute approximate surface area is 192 Å². The van der Waals surface area contributed by atoms with Gasteiger partial charge in [0, 0.05) is 12.5 Å². The zero-order valence-corrected chi connectivity index (χ0v) is 18.3. The Hall–Kier alpha value is -3.39. The number of carboxylic acids is 1. The number of carbonyl (C=O) groups excluding carboxylic acids is 2. The highest BCUT2D eigenvalue weighted by molar-refractivity contribution is 5.84. The third-order valence-electron chi connectivity index (χ3n) is 6.30. The van der Waals surface area contributed by atoms with Crippen LogP contribution >= 0.6 is 0 Å². The van der Waals surface area contributed by atoms with Gasteiger partial charge in [0.05, 0.1) is 6.61 Å². The molecule has 8 nitrogen and oxygen atoms in total. The third-order valence-corrected chi connectivity index (χ3v) is 6.30. The minimum Gasteiger partial charge on any atom is -0.480 e. The SMILES string of the molecule is O=C(COCCNC(=O)OCC1c2ccccc2-c2ccccc21)NC(C(=O)O)C1CCC1. The second kappa shape index (κ2) is 10.5. The lowest BCUT2D eigenvalue weighted by atomic mass is 9.79. The van der Waals surface area contributed by atoms with E-state index in [4.69, 9.17) is 9.47 Å². The van der Waals surface area contributed by atoms with Gasteiger partial charge in [-0.05, 0) is 41.0 Å². The molecule has 8 heteroatoms. The number of aliphatic carboxylic acids is 1. The second-order valence-electron chi connectivity index (χ2n) is 8.38. The van der Waals surface area contributed by atoms with Gasteiger partial charge in [-0.2, -0.15) is 0 Å². The fourth-order valence-electron chi connectivity index (χ4n) is 4.41. The van der Waals surface area contributed by atoms with Crippen LogP contribution in [0.15, 0.2) is 48.5 Å². The lowest BCUT2D eigenvalue weighted by Crippen LogP contribution is -2.49. The van der Waals surface area contributed by atoms with E-state index >= 15 is 0 Å². The zero-order chi connectivity index (χ0) is 23.2. The Balaban J connectivity index is 1.16. The predicted octanol–water partition coefficient (Wildman–Crippen LogP) is 2.91. The van der Waals surface area contributed by atoms with Crippen LogP contribution in [0, 0.1) is 5.92 Å². The van der Waals surface area contributed by atoms with Crippen molar-refractivity contribution in [1.82, 2.24) is 10.6 Å². The van der Waals surface area contributed by atoms with Crippen molar-refractivity contribution in [2.75, 3.05) is 26.4 Å². The number of alkyl carbamates (subject to hydrolysis) is 1. The van der Waals surface area contributed by atoms with E-state index in [2.05, 4.69) is 34.9 Å². The average Bonchev–Trinajstić information content (AvgIpc) is 3.09. The van der Waals surface area contributed by atoms with Crippen molar-refractivity contribution in [3.63, 3.8) is 0 Å². The van der Waals surface area contributed by atoms with Gasteiger partial charge in [-0.1, -0.05) is 55.0 Å². The second-order valence-corrected chi connectivity index (χ2v) is 8.38. The maximum atomic E-state index is 12.1. The minimum atomic E-state index is -1.02. The van der Waals surface area contributed by atoms with E-state index in [1.54, 1.807) is 0 Å². The first-order valence-electron chi connectivity index (χ1n) is 11.2. The summed E-state index contributed by atoms with van der Waals surface area (Å²) in [4.78, 5) is 35.4. The van der Waals surface area contributed by atoms with Crippen LogP contribution in [0.3, 0.4) is 0 Å². The van der Waals surface area contributed by atoms with E-state index in [-0.39, 0.29) is 38.2 Å². The summed E-state index contributed by atoms with van der Waals surface area (Å²) in [6, 6.07) is 15.4. The Bertz CT molecular complexity index is 974. The molecule has 2 aliphatic carbocycles. The molecular weight excluding hydrogens is 424 g/mol. The molecule has 2 aliphatic rings. The number of hydrogen-bond acceptors (Lipinski definition) is 5. The van der Waals surface area contributed by atoms with Crippen molar-refractivity contribution < 1.29 is 29.0 Å². The van der Waals surface area contributed by atoms with Crippen molar-refractivity contribution in [3.05, 3.63) is 59.7 Å². The van der Waals surface area contributed by atoms with Gasteiger partial charge in [-0.15, -0.1) is 0 Å². The summed E-state index contributed by atoms with van der Waals surface area (Å²) in [5.74, 6) is -1.52. The van der Waals surface area contributed by atoms with Gasteiger partial charge in [0.25, 0.3) is 0 Å². The van der Waals surface area contributed by atoms with Crippen LogP contribution in [0.5, 0.6) is 0 Å². The Morgan fingerprint density at radius 1 is 1.00 bits per heavy atom. The fraction of sp³-hybridized carbons (Fsp3) is 0.400. The summed E-state index contributed by atoms with van der Waals surface area (Å²) in [6.07, 6.45) is 2.05. The van der Waals surface area contributed by atoms with Crippen LogP contribution in [0.2, 0.25) is 0 Å². The molecule has 0 aliphatic heterocycles. The molecule has 33 heavy (non-hydrogen) atoms. The summed E-state index contributed by atoms with van der Waals surface area (Å²) in [5.41, 5.74) is 4.61. The van der Waals surface area contributed by atoms with E-state index in [0.717, 1.165) is 41.5 Å². The molecule has 3 N–H and O–H groups in total. The Morgan fingerprint density at radius 3 is 2.21 bits per heavy atom. The van der Waals surface area contributed by atoms with Gasteiger partial charge in [0.2, 0.25) is 5.91 Å². The molecule has 1 atom stereocenters. The lowest BCUT2D eigenvalue weighted by Gasteiger charge is -2.31. The maximum Gasteiger partial charge on any atom is 0.407 e. The van der Waals surface area contributed by atoms with Crippen molar-refractivity contribution in [2.24, 2.45) is 5.92 Å². The number of nitrogens with one attached hydrogen (secondary N) is 2. The molecule has 2 aromatic rings. The summed E-state index contributed by atoms with van der Waals surface area (Å²) in [5, 5.41) is 14.4. The number of carbonyl (C=O) groups is 3. The molecule has 4 rings (SSSR count). The minimum absolute atomic E-state index is 0.0123. The highest BCUT2D eigenvalue weighted by atomic mass is 16.5. The zero-order valence-electron chi connectivity index (χ0n) is 18.3. The first kappa shape index (κ1) is 22.8. The number of fused-ring (bicyclic) bond motifs is 3. The van der Waals surface area contributed by atoms with E-state index in [0.29, 0.717) is 0 Å². The summed E-state index contributed by atoms with van der Waals surface area (Å²) >= 11 is 0. The number of amides is 2. The number of hydrogen-bond donors (Lipinski definition) is 3. The molecule has 0 radical (unpaired) electrons. The Kier molecular flexibility index (Phi) is 7.24. The number of carboxylic acid groups (broad SMARTS) is 1. The monoisotopic (exact) mass is 452 g/mol. The normalized spacial score (nSPS) is 15.6. The molecule has 1 saturated carbocycles. The molecule has 0 heterocycles. The van der Waals surface area contributed by atoms with Gasteiger partial charge in [-0.3, -0.25) is 4.79 Å². The highest BCUT2D eigenvalue weighted by Crippen LogP contribution is 2.44. The largest absolute Gasteiger partial charge is 0.480 e. The van der Waals surface area contributed by atoms with Gasteiger partial charge < -0.3 is 25.2 Å².